The summed E-state index contributed by atoms with van der Waals surface area (Å²) in [6, 6.07) is 25.4. The first-order valence-electron chi connectivity index (χ1n) is 21.2. The Kier molecular flexibility index (Phi) is 11.7. The lowest BCUT2D eigenvalue weighted by Crippen LogP contribution is -2.55. The number of aryl methyl sites for hydroxylation is 1. The van der Waals surface area contributed by atoms with Crippen LogP contribution in [0, 0.1) is 5.92 Å². The van der Waals surface area contributed by atoms with Gasteiger partial charge in [0.25, 0.3) is 11.8 Å². The van der Waals surface area contributed by atoms with Gasteiger partial charge in [-0.15, -0.1) is 5.10 Å². The number of carbonyl (C=O) groups excluding carboxylic acids is 3. The lowest BCUT2D eigenvalue weighted by Gasteiger charge is -2.39. The van der Waals surface area contributed by atoms with Crippen LogP contribution in [0.15, 0.2) is 85.1 Å². The fourth-order valence-electron chi connectivity index (χ4n) is 10.4. The summed E-state index contributed by atoms with van der Waals surface area (Å²) in [6.07, 6.45) is 4.18. The van der Waals surface area contributed by atoms with E-state index in [2.05, 4.69) is 20.5 Å². The number of anilines is 3. The van der Waals surface area contributed by atoms with Crippen molar-refractivity contribution >= 4 is 43.3 Å². The third kappa shape index (κ3) is 7.32. The first-order chi connectivity index (χ1) is 28.9. The zero-order chi connectivity index (χ0) is 42.2. The van der Waals surface area contributed by atoms with Crippen molar-refractivity contribution in [1.82, 2.24) is 20.3 Å². The molecule has 1 aromatic heterocycles. The van der Waals surface area contributed by atoms with Crippen LogP contribution in [0.5, 0.6) is 0 Å². The van der Waals surface area contributed by atoms with Crippen LogP contribution in [0.2, 0.25) is 18.6 Å². The number of aromatic nitrogens is 3. The van der Waals surface area contributed by atoms with Crippen LogP contribution in [-0.4, -0.2) is 98.0 Å². The highest BCUT2D eigenvalue weighted by molar-refractivity contribution is 6.72. The van der Waals surface area contributed by atoms with Crippen LogP contribution < -0.4 is 20.0 Å². The van der Waals surface area contributed by atoms with E-state index < -0.39 is 37.1 Å². The summed E-state index contributed by atoms with van der Waals surface area (Å²) >= 11 is 0. The summed E-state index contributed by atoms with van der Waals surface area (Å²) < 4.78 is 30.5. The van der Waals surface area contributed by atoms with Crippen molar-refractivity contribution in [2.75, 3.05) is 54.7 Å². The van der Waals surface area contributed by atoms with Gasteiger partial charge in [0.15, 0.2) is 5.60 Å². The molecule has 2 amide bonds. The summed E-state index contributed by atoms with van der Waals surface area (Å²) in [4.78, 5) is 47.7. The lowest BCUT2D eigenvalue weighted by atomic mass is 9.82. The van der Waals surface area contributed by atoms with Crippen molar-refractivity contribution in [3.8, 4) is 0 Å². The minimum Gasteiger partial charge on any atom is -0.469 e. The molecule has 0 aliphatic carbocycles. The van der Waals surface area contributed by atoms with Gasteiger partial charge in [-0.05, 0) is 94.2 Å². The molecule has 0 saturated carbocycles. The topological polar surface area (TPSA) is 142 Å². The normalized spacial score (nSPS) is 24.2. The van der Waals surface area contributed by atoms with Crippen molar-refractivity contribution in [1.29, 1.82) is 0 Å². The number of carbonyl (C=O) groups is 3. The summed E-state index contributed by atoms with van der Waals surface area (Å²) in [6.45, 7) is 7.65. The molecule has 3 aromatic carbocycles. The van der Waals surface area contributed by atoms with E-state index in [0.717, 1.165) is 24.3 Å². The molecule has 318 valence electrons. The number of rotatable bonds is 14. The van der Waals surface area contributed by atoms with E-state index in [1.165, 1.54) is 7.11 Å². The average molecular weight is 838 g/mol. The van der Waals surface area contributed by atoms with Crippen LogP contribution >= 0.6 is 0 Å². The molecule has 1 unspecified atom stereocenters. The van der Waals surface area contributed by atoms with Gasteiger partial charge in [-0.3, -0.25) is 24.0 Å². The molecule has 5 heterocycles. The Morgan fingerprint density at radius 1 is 1.00 bits per heavy atom. The van der Waals surface area contributed by atoms with E-state index in [0.29, 0.717) is 74.5 Å². The highest BCUT2D eigenvalue weighted by Gasteiger charge is 2.67. The van der Waals surface area contributed by atoms with Gasteiger partial charge in [-0.25, -0.2) is 0 Å². The number of para-hydroxylation sites is 1. The Bertz CT molecular complexity index is 2180. The second-order valence-electron chi connectivity index (χ2n) is 17.2. The number of unbranched alkanes of at least 4 members (excludes halogenated alkanes) is 1. The predicted molar refractivity (Wildman–Crippen MR) is 229 cm³/mol. The number of piperidine rings is 1. The number of nitrogens with zero attached hydrogens (tertiary/aromatic N) is 6. The zero-order valence-corrected chi connectivity index (χ0v) is 35.9. The molecule has 0 bridgehead atoms. The van der Waals surface area contributed by atoms with Gasteiger partial charge in [0.1, 0.15) is 5.54 Å². The van der Waals surface area contributed by atoms with E-state index >= 15 is 8.90 Å². The molecule has 60 heavy (non-hydrogen) atoms. The predicted octanol–water partition coefficient (Wildman–Crippen LogP) is 5.89. The maximum Gasteiger partial charge on any atom is 0.305 e. The fourth-order valence-corrected chi connectivity index (χ4v) is 12.9. The number of aliphatic hydroxyl groups is 1. The number of aliphatic hydroxyl groups excluding tert-OH is 1. The molecule has 4 aliphatic heterocycles. The first-order valence-corrected chi connectivity index (χ1v) is 24.2. The Morgan fingerprint density at radius 2 is 1.72 bits per heavy atom. The summed E-state index contributed by atoms with van der Waals surface area (Å²) in [5.41, 5.74) is 1.73. The van der Waals surface area contributed by atoms with Crippen molar-refractivity contribution in [2.24, 2.45) is 5.92 Å². The Balaban J connectivity index is 1.13. The van der Waals surface area contributed by atoms with Gasteiger partial charge in [-0.1, -0.05) is 60.7 Å². The smallest absolute Gasteiger partial charge is 0.305 e. The quantitative estimate of drug-likeness (QED) is 0.0684. The van der Waals surface area contributed by atoms with Gasteiger partial charge in [0.05, 0.1) is 43.8 Å². The van der Waals surface area contributed by atoms with E-state index in [-0.39, 0.29) is 36.7 Å². The number of hydrogen-bond acceptors (Lipinski definition) is 10. The SMILES string of the molecule is COC(=O)CCCCN1C(=O)[C@]2(O[C@H](CCn3cc(C(CO)c4ccccc4)nn3)[C@@H]([Si](C)(C)F)[C@@H]2C)c2cc(N3CN(c4ccccc4)C4(CCNCC4)C3=O)ccc21. The molecule has 4 aromatic rings. The Labute approximate surface area is 352 Å². The molecule has 2 N–H and O–H groups in total. The number of amides is 2. The number of esters is 1. The molecular weight excluding hydrogens is 782 g/mol. The maximum absolute atomic E-state index is 16.8. The van der Waals surface area contributed by atoms with Gasteiger partial charge >= 0.3 is 5.97 Å². The second-order valence-corrected chi connectivity index (χ2v) is 21.0. The lowest BCUT2D eigenvalue weighted by molar-refractivity contribution is -0.146. The van der Waals surface area contributed by atoms with Crippen LogP contribution in [0.1, 0.15) is 68.2 Å². The molecule has 3 fully saturated rings. The maximum atomic E-state index is 16.8. The first kappa shape index (κ1) is 41.8. The van der Waals surface area contributed by atoms with Crippen molar-refractivity contribution in [2.45, 2.75) is 93.8 Å². The molecular formula is C45H56FN7O6Si. The van der Waals surface area contributed by atoms with Gasteiger partial charge < -0.3 is 33.8 Å². The third-order valence-corrected chi connectivity index (χ3v) is 15.8. The number of methoxy groups -OCH3 is 1. The summed E-state index contributed by atoms with van der Waals surface area (Å²) in [5.74, 6) is -1.43. The number of nitrogens with one attached hydrogen (secondary N) is 1. The van der Waals surface area contributed by atoms with Crippen LogP contribution in [0.3, 0.4) is 0 Å². The largest absolute Gasteiger partial charge is 0.469 e. The number of fused-ring (bicyclic) bond motifs is 2. The average Bonchev–Trinajstić information content (AvgIpc) is 3.98. The van der Waals surface area contributed by atoms with Gasteiger partial charge in [0.2, 0.25) is 8.41 Å². The van der Waals surface area contributed by atoms with Crippen molar-refractivity contribution in [3.05, 3.63) is 102 Å². The van der Waals surface area contributed by atoms with Gasteiger partial charge in [0, 0.05) is 54.1 Å². The van der Waals surface area contributed by atoms with Crippen LogP contribution in [0.25, 0.3) is 0 Å². The molecule has 15 heteroatoms. The third-order valence-electron chi connectivity index (χ3n) is 13.4. The van der Waals surface area contributed by atoms with Crippen molar-refractivity contribution < 1.29 is 33.1 Å². The molecule has 0 radical (unpaired) electrons. The van der Waals surface area contributed by atoms with E-state index in [9.17, 15) is 14.7 Å². The highest BCUT2D eigenvalue weighted by Crippen LogP contribution is 2.61. The fraction of sp³-hybridized carbons (Fsp3) is 0.489. The molecule has 3 saturated heterocycles. The van der Waals surface area contributed by atoms with Crippen LogP contribution in [-0.2, 0) is 36.0 Å². The van der Waals surface area contributed by atoms with Gasteiger partial charge in [-0.2, -0.15) is 0 Å². The highest BCUT2D eigenvalue weighted by atomic mass is 28.4. The standard InChI is InChI=1S/C45H56FN7O6Si/c1-31-41(60(3,4)46)39(20-26-50-28-37(48-49-50)35(29-54)32-13-7-5-8-14-32)59-45(31)36-27-34(18-19-38(36)51(43(45)57)25-12-11-17-40(55)58-2)52-30-53(33-15-9-6-10-16-33)44(42(52)56)21-23-47-24-22-44/h5-10,13-16,18-19,27-28,31,35,39,41,47,54H,11-12,17,20-26,29-30H2,1-4H3/t31-,35?,39+,41-,45+/m0/s1. The number of benzene rings is 3. The summed E-state index contributed by atoms with van der Waals surface area (Å²) in [7, 11) is -2.13. The zero-order valence-electron chi connectivity index (χ0n) is 34.9. The monoisotopic (exact) mass is 837 g/mol. The van der Waals surface area contributed by atoms with Crippen LogP contribution in [0.4, 0.5) is 21.2 Å². The number of ether oxygens (including phenoxy) is 2. The second kappa shape index (κ2) is 16.8. The van der Waals surface area contributed by atoms with Crippen molar-refractivity contribution in [3.63, 3.8) is 0 Å². The minimum absolute atomic E-state index is 0.0159. The molecule has 5 atom stereocenters. The number of halogens is 1. The molecule has 13 nitrogen and oxygen atoms in total. The van der Waals surface area contributed by atoms with E-state index in [1.54, 1.807) is 22.7 Å². The number of hydrogen-bond donors (Lipinski definition) is 2. The van der Waals surface area contributed by atoms with E-state index in [4.69, 9.17) is 9.47 Å². The minimum atomic E-state index is -3.49. The molecule has 4 aliphatic rings. The summed E-state index contributed by atoms with van der Waals surface area (Å²) in [5, 5.41) is 22.5. The molecule has 8 rings (SSSR count). The van der Waals surface area contributed by atoms with E-state index in [1.807, 2.05) is 96.9 Å². The molecule has 2 spiro atoms. The Hall–Kier alpha value is -4.96. The Morgan fingerprint density at radius 3 is 2.40 bits per heavy atom.